The van der Waals surface area contributed by atoms with Gasteiger partial charge in [0.2, 0.25) is 0 Å². The molecule has 1 amide bonds. The monoisotopic (exact) mass is 365 g/mol. The van der Waals surface area contributed by atoms with Crippen molar-refractivity contribution < 1.29 is 9.53 Å². The molecular formula is C17H17Cl2N3O2. The van der Waals surface area contributed by atoms with Gasteiger partial charge in [-0.25, -0.2) is 5.43 Å². The minimum atomic E-state index is -0.266. The number of rotatable bonds is 6. The van der Waals surface area contributed by atoms with Crippen molar-refractivity contribution in [2.45, 2.75) is 6.92 Å². The van der Waals surface area contributed by atoms with Crippen LogP contribution in [0.2, 0.25) is 10.0 Å². The Morgan fingerprint density at radius 1 is 1.17 bits per heavy atom. The average molecular weight is 366 g/mol. The fourth-order valence-corrected chi connectivity index (χ4v) is 2.18. The predicted octanol–water partition coefficient (Wildman–Crippen LogP) is 3.95. The lowest BCUT2D eigenvalue weighted by Crippen LogP contribution is -2.26. The molecule has 0 aromatic heterocycles. The minimum absolute atomic E-state index is 0.0886. The van der Waals surface area contributed by atoms with Crippen LogP contribution >= 0.6 is 23.2 Å². The number of halogens is 2. The molecule has 2 rings (SSSR count). The average Bonchev–Trinajstić information content (AvgIpc) is 2.60. The molecule has 0 heterocycles. The number of hydrazone groups is 1. The van der Waals surface area contributed by atoms with Gasteiger partial charge < -0.3 is 10.1 Å². The van der Waals surface area contributed by atoms with E-state index >= 15 is 0 Å². The van der Waals surface area contributed by atoms with Crippen LogP contribution in [0.15, 0.2) is 47.6 Å². The van der Waals surface area contributed by atoms with Crippen molar-refractivity contribution >= 4 is 40.5 Å². The molecule has 0 aliphatic heterocycles. The lowest BCUT2D eigenvalue weighted by Gasteiger charge is -2.08. The SMILES string of the molecule is COc1cccc(NCC(=O)N/N=C(/C)c2ccc(Cl)c(Cl)c2)c1. The summed E-state index contributed by atoms with van der Waals surface area (Å²) in [5.74, 6) is 0.450. The summed E-state index contributed by atoms with van der Waals surface area (Å²) in [7, 11) is 1.59. The van der Waals surface area contributed by atoms with Gasteiger partial charge in [-0.1, -0.05) is 35.3 Å². The van der Waals surface area contributed by atoms with Crippen LogP contribution in [0.5, 0.6) is 5.75 Å². The summed E-state index contributed by atoms with van der Waals surface area (Å²) < 4.78 is 5.13. The molecule has 0 saturated heterocycles. The van der Waals surface area contributed by atoms with Gasteiger partial charge in [0.25, 0.3) is 5.91 Å². The summed E-state index contributed by atoms with van der Waals surface area (Å²) in [5.41, 5.74) is 4.69. The molecule has 7 heteroatoms. The van der Waals surface area contributed by atoms with E-state index in [4.69, 9.17) is 27.9 Å². The number of anilines is 1. The number of nitrogens with one attached hydrogen (secondary N) is 2. The van der Waals surface area contributed by atoms with Gasteiger partial charge in [0.1, 0.15) is 5.75 Å². The van der Waals surface area contributed by atoms with E-state index in [-0.39, 0.29) is 12.5 Å². The molecule has 2 aromatic rings. The first-order valence-corrected chi connectivity index (χ1v) is 7.91. The van der Waals surface area contributed by atoms with Crippen LogP contribution in [0.4, 0.5) is 5.69 Å². The van der Waals surface area contributed by atoms with Crippen molar-refractivity contribution in [2.75, 3.05) is 19.0 Å². The fraction of sp³-hybridized carbons (Fsp3) is 0.176. The Morgan fingerprint density at radius 2 is 1.96 bits per heavy atom. The van der Waals surface area contributed by atoms with Crippen LogP contribution < -0.4 is 15.5 Å². The second kappa shape index (κ2) is 8.57. The first-order chi connectivity index (χ1) is 11.5. The van der Waals surface area contributed by atoms with Crippen molar-refractivity contribution in [3.63, 3.8) is 0 Å². The Hall–Kier alpha value is -2.24. The molecule has 24 heavy (non-hydrogen) atoms. The minimum Gasteiger partial charge on any atom is -0.497 e. The molecule has 0 bridgehead atoms. The van der Waals surface area contributed by atoms with E-state index in [1.165, 1.54) is 0 Å². The predicted molar refractivity (Wildman–Crippen MR) is 98.3 cm³/mol. The molecule has 0 aliphatic rings. The highest BCUT2D eigenvalue weighted by molar-refractivity contribution is 6.42. The second-order valence-electron chi connectivity index (χ2n) is 4.95. The highest BCUT2D eigenvalue weighted by atomic mass is 35.5. The Balaban J connectivity index is 1.90. The maximum atomic E-state index is 11.9. The second-order valence-corrected chi connectivity index (χ2v) is 5.76. The van der Waals surface area contributed by atoms with Crippen LogP contribution in [0, 0.1) is 0 Å². The molecule has 2 aromatic carbocycles. The number of benzene rings is 2. The number of carbonyl (C=O) groups excluding carboxylic acids is 1. The van der Waals surface area contributed by atoms with Crippen LogP contribution in [0.1, 0.15) is 12.5 Å². The topological polar surface area (TPSA) is 62.7 Å². The van der Waals surface area contributed by atoms with Gasteiger partial charge in [0, 0.05) is 11.8 Å². The number of ether oxygens (including phenoxy) is 1. The number of hydrogen-bond acceptors (Lipinski definition) is 4. The zero-order chi connectivity index (χ0) is 17.5. The third-order valence-corrected chi connectivity index (χ3v) is 3.95. The molecule has 0 spiro atoms. The van der Waals surface area contributed by atoms with Gasteiger partial charge in [0.05, 0.1) is 29.4 Å². The smallest absolute Gasteiger partial charge is 0.259 e. The largest absolute Gasteiger partial charge is 0.497 e. The maximum Gasteiger partial charge on any atom is 0.259 e. The molecule has 0 radical (unpaired) electrons. The van der Waals surface area contributed by atoms with Crippen molar-refractivity contribution in [1.82, 2.24) is 5.43 Å². The van der Waals surface area contributed by atoms with Crippen molar-refractivity contribution in [3.8, 4) is 5.75 Å². The van der Waals surface area contributed by atoms with E-state index in [0.29, 0.717) is 21.5 Å². The molecule has 126 valence electrons. The first-order valence-electron chi connectivity index (χ1n) is 7.16. The summed E-state index contributed by atoms with van der Waals surface area (Å²) in [6.45, 7) is 1.86. The molecule has 0 atom stereocenters. The van der Waals surface area contributed by atoms with E-state index in [0.717, 1.165) is 11.3 Å². The highest BCUT2D eigenvalue weighted by Gasteiger charge is 2.04. The van der Waals surface area contributed by atoms with Gasteiger partial charge in [-0.15, -0.1) is 0 Å². The maximum absolute atomic E-state index is 11.9. The van der Waals surface area contributed by atoms with E-state index in [9.17, 15) is 4.79 Å². The van der Waals surface area contributed by atoms with Crippen molar-refractivity contribution in [2.24, 2.45) is 5.10 Å². The lowest BCUT2D eigenvalue weighted by molar-refractivity contribution is -0.119. The number of carbonyl (C=O) groups is 1. The number of amides is 1. The summed E-state index contributed by atoms with van der Waals surface area (Å²) in [4.78, 5) is 11.9. The van der Waals surface area contributed by atoms with Crippen LogP contribution in [-0.2, 0) is 4.79 Å². The van der Waals surface area contributed by atoms with E-state index in [1.807, 2.05) is 18.2 Å². The summed E-state index contributed by atoms with van der Waals surface area (Å²) >= 11 is 11.8. The first kappa shape index (κ1) is 18.1. The van der Waals surface area contributed by atoms with Gasteiger partial charge >= 0.3 is 0 Å². The van der Waals surface area contributed by atoms with E-state index < -0.39 is 0 Å². The number of nitrogens with zero attached hydrogens (tertiary/aromatic N) is 1. The highest BCUT2D eigenvalue weighted by Crippen LogP contribution is 2.22. The van der Waals surface area contributed by atoms with Gasteiger partial charge in [0.15, 0.2) is 0 Å². The fourth-order valence-electron chi connectivity index (χ4n) is 1.89. The molecular weight excluding hydrogens is 349 g/mol. The normalized spacial score (nSPS) is 11.1. The summed E-state index contributed by atoms with van der Waals surface area (Å²) in [6.07, 6.45) is 0. The van der Waals surface area contributed by atoms with Gasteiger partial charge in [-0.2, -0.15) is 5.10 Å². The Kier molecular flexibility index (Phi) is 6.46. The molecule has 0 unspecified atom stereocenters. The van der Waals surface area contributed by atoms with Gasteiger partial charge in [-0.05, 0) is 36.8 Å². The third-order valence-electron chi connectivity index (χ3n) is 3.21. The number of methoxy groups -OCH3 is 1. The zero-order valence-electron chi connectivity index (χ0n) is 13.3. The summed E-state index contributed by atoms with van der Waals surface area (Å²) in [5, 5.41) is 7.97. The van der Waals surface area contributed by atoms with Crippen LogP contribution in [0.3, 0.4) is 0 Å². The van der Waals surface area contributed by atoms with E-state index in [1.54, 1.807) is 38.3 Å². The Morgan fingerprint density at radius 3 is 2.67 bits per heavy atom. The quantitative estimate of drug-likeness (QED) is 0.601. The van der Waals surface area contributed by atoms with Crippen LogP contribution in [-0.4, -0.2) is 25.3 Å². The van der Waals surface area contributed by atoms with Crippen molar-refractivity contribution in [1.29, 1.82) is 0 Å². The zero-order valence-corrected chi connectivity index (χ0v) is 14.8. The molecule has 0 fully saturated rings. The van der Waals surface area contributed by atoms with Crippen molar-refractivity contribution in [3.05, 3.63) is 58.1 Å². The van der Waals surface area contributed by atoms with Crippen LogP contribution in [0.25, 0.3) is 0 Å². The number of hydrogen-bond donors (Lipinski definition) is 2. The van der Waals surface area contributed by atoms with E-state index in [2.05, 4.69) is 15.8 Å². The standard InChI is InChI=1S/C17H17Cl2N3O2/c1-11(12-6-7-15(18)16(19)8-12)21-22-17(23)10-20-13-4-3-5-14(9-13)24-2/h3-9,20H,10H2,1-2H3,(H,22,23)/b21-11-. The third kappa shape index (κ3) is 5.15. The Labute approximate surface area is 150 Å². The summed E-state index contributed by atoms with van der Waals surface area (Å²) in [6, 6.07) is 12.5. The molecule has 0 saturated carbocycles. The Bertz CT molecular complexity index is 763. The molecule has 2 N–H and O–H groups in total. The van der Waals surface area contributed by atoms with Gasteiger partial charge in [-0.3, -0.25) is 4.79 Å². The lowest BCUT2D eigenvalue weighted by atomic mass is 10.1. The molecule has 0 aliphatic carbocycles. The molecule has 5 nitrogen and oxygen atoms in total.